The Hall–Kier alpha value is -2.83. The zero-order chi connectivity index (χ0) is 26.8. The lowest BCUT2D eigenvalue weighted by Crippen LogP contribution is -2.31. The van der Waals surface area contributed by atoms with Gasteiger partial charge < -0.3 is 8.85 Å². The molecule has 0 heterocycles. The highest BCUT2D eigenvalue weighted by Crippen LogP contribution is 2.37. The van der Waals surface area contributed by atoms with Crippen molar-refractivity contribution in [2.24, 2.45) is 0 Å². The van der Waals surface area contributed by atoms with Crippen molar-refractivity contribution in [3.8, 4) is 11.5 Å². The minimum atomic E-state index is -1.86. The lowest BCUT2D eigenvalue weighted by atomic mass is 9.74. The molecular weight excluding hydrogens is 473 g/mol. The van der Waals surface area contributed by atoms with Crippen LogP contribution in [-0.4, -0.2) is 16.6 Å². The fraction of sp³-hybridized carbons (Fsp3) is 0.312. The van der Waals surface area contributed by atoms with Gasteiger partial charge >= 0.3 is 0 Å². The van der Waals surface area contributed by atoms with Gasteiger partial charge in [-0.2, -0.15) is 0 Å². The molecule has 0 bridgehead atoms. The first kappa shape index (κ1) is 27.8. The van der Waals surface area contributed by atoms with Crippen molar-refractivity contribution < 1.29 is 8.85 Å². The van der Waals surface area contributed by atoms with Gasteiger partial charge in [-0.1, -0.05) is 87.6 Å². The highest BCUT2D eigenvalue weighted by molar-refractivity contribution is 6.77. The van der Waals surface area contributed by atoms with Gasteiger partial charge in [0.15, 0.2) is 0 Å². The molecule has 0 spiro atoms. The van der Waals surface area contributed by atoms with Crippen molar-refractivity contribution in [2.45, 2.75) is 64.7 Å². The van der Waals surface area contributed by atoms with Crippen LogP contribution in [0.4, 0.5) is 0 Å². The van der Waals surface area contributed by atoms with Crippen LogP contribution in [-0.2, 0) is 10.8 Å². The normalized spacial score (nSPS) is 12.7. The molecule has 190 valence electrons. The molecule has 0 atom stereocenters. The summed E-state index contributed by atoms with van der Waals surface area (Å²) in [5.41, 5.74) is 8.79. The molecule has 4 heteroatoms. The highest BCUT2D eigenvalue weighted by atomic mass is 28.4. The molecule has 0 saturated carbocycles. The van der Waals surface area contributed by atoms with Crippen LogP contribution in [0.1, 0.15) is 49.9 Å². The topological polar surface area (TPSA) is 18.5 Å². The maximum atomic E-state index is 6.17. The molecule has 0 unspecified atom stereocenters. The van der Waals surface area contributed by atoms with Crippen LogP contribution in [0.5, 0.6) is 11.5 Å². The summed E-state index contributed by atoms with van der Waals surface area (Å²) >= 11 is 0. The Morgan fingerprint density at radius 3 is 0.944 bits per heavy atom. The first-order valence-electron chi connectivity index (χ1n) is 12.7. The van der Waals surface area contributed by atoms with E-state index in [9.17, 15) is 0 Å². The van der Waals surface area contributed by atoms with Crippen molar-refractivity contribution in [2.75, 3.05) is 0 Å². The fourth-order valence-electron chi connectivity index (χ4n) is 4.21. The number of benzene rings is 3. The summed E-state index contributed by atoms with van der Waals surface area (Å²) in [5.74, 6) is 1.82. The van der Waals surface area contributed by atoms with Crippen molar-refractivity contribution >= 4 is 16.6 Å². The quantitative estimate of drug-likeness (QED) is 0.251. The van der Waals surface area contributed by atoms with Gasteiger partial charge in [-0.05, 0) is 72.7 Å². The average Bonchev–Trinajstić information content (AvgIpc) is 2.84. The molecule has 0 radical (unpaired) electrons. The second kappa shape index (κ2) is 10.3. The van der Waals surface area contributed by atoms with E-state index in [2.05, 4.69) is 140 Å². The van der Waals surface area contributed by atoms with E-state index >= 15 is 0 Å². The maximum absolute atomic E-state index is 6.17. The van der Waals surface area contributed by atoms with Crippen molar-refractivity contribution in [3.63, 3.8) is 0 Å². The minimum absolute atomic E-state index is 0.118. The van der Waals surface area contributed by atoms with E-state index in [1.54, 1.807) is 0 Å². The molecule has 3 aromatic rings. The van der Waals surface area contributed by atoms with Gasteiger partial charge in [0.2, 0.25) is 0 Å². The van der Waals surface area contributed by atoms with E-state index in [0.29, 0.717) is 0 Å². The van der Waals surface area contributed by atoms with Gasteiger partial charge in [0.25, 0.3) is 16.6 Å². The van der Waals surface area contributed by atoms with E-state index in [1.807, 2.05) is 11.4 Å². The lowest BCUT2D eigenvalue weighted by Gasteiger charge is -2.30. The summed E-state index contributed by atoms with van der Waals surface area (Å²) in [5, 5.41) is 0. The third kappa shape index (κ3) is 6.29. The Bertz CT molecular complexity index is 1090. The monoisotopic (exact) mass is 514 g/mol. The molecule has 0 aliphatic heterocycles. The largest absolute Gasteiger partial charge is 0.540 e. The molecule has 0 aromatic heterocycles. The third-order valence-electron chi connectivity index (χ3n) is 7.23. The van der Waals surface area contributed by atoms with Crippen LogP contribution < -0.4 is 8.85 Å². The fourth-order valence-corrected chi connectivity index (χ4v) is 5.86. The Kier molecular flexibility index (Phi) is 7.92. The predicted molar refractivity (Wildman–Crippen MR) is 160 cm³/mol. The summed E-state index contributed by atoms with van der Waals surface area (Å²) < 4.78 is 12.3. The van der Waals surface area contributed by atoms with Crippen LogP contribution in [0.2, 0.25) is 26.2 Å². The lowest BCUT2D eigenvalue weighted by molar-refractivity contribution is 0.560. The summed E-state index contributed by atoms with van der Waals surface area (Å²) in [6.07, 6.45) is 0. The van der Waals surface area contributed by atoms with Crippen LogP contribution in [0.3, 0.4) is 0 Å². The number of hydrogen-bond donors (Lipinski definition) is 0. The van der Waals surface area contributed by atoms with Crippen LogP contribution in [0.25, 0.3) is 0 Å². The van der Waals surface area contributed by atoms with Crippen LogP contribution >= 0.6 is 0 Å². The Morgan fingerprint density at radius 2 is 0.722 bits per heavy atom. The second-order valence-corrected chi connectivity index (χ2v) is 19.3. The molecule has 0 fully saturated rings. The molecule has 36 heavy (non-hydrogen) atoms. The molecule has 0 N–H and O–H groups in total. The van der Waals surface area contributed by atoms with Gasteiger partial charge in [-0.15, -0.1) is 13.2 Å². The highest BCUT2D eigenvalue weighted by Gasteiger charge is 2.27. The van der Waals surface area contributed by atoms with E-state index in [0.717, 1.165) is 11.5 Å². The summed E-state index contributed by atoms with van der Waals surface area (Å²) in [6, 6.07) is 26.1. The summed E-state index contributed by atoms with van der Waals surface area (Å²) in [7, 11) is -3.72. The van der Waals surface area contributed by atoms with Gasteiger partial charge in [0.1, 0.15) is 11.5 Å². The Labute approximate surface area is 221 Å². The van der Waals surface area contributed by atoms with Gasteiger partial charge in [0, 0.05) is 10.8 Å². The standard InChI is InChI=1S/C32H42O2Si2/c1-11-35(7,8)33-29-21-17-27(18-22-29)31(3,4)25-13-15-26(16-14-25)32(5,6)28-19-23-30(24-20-28)34-36(9,10)12-2/h11-24H,1-2H2,3-10H3. The van der Waals surface area contributed by atoms with Crippen molar-refractivity contribution in [3.05, 3.63) is 120 Å². The second-order valence-electron chi connectivity index (χ2n) is 11.7. The van der Waals surface area contributed by atoms with Gasteiger partial charge in [0.05, 0.1) is 0 Å². The van der Waals surface area contributed by atoms with Crippen molar-refractivity contribution in [1.82, 2.24) is 0 Å². The third-order valence-corrected chi connectivity index (χ3v) is 10.7. The van der Waals surface area contributed by atoms with Crippen LogP contribution in [0, 0.1) is 0 Å². The summed E-state index contributed by atoms with van der Waals surface area (Å²) in [6.45, 7) is 25.5. The smallest absolute Gasteiger partial charge is 0.269 e. The molecular formula is C32H42O2Si2. The zero-order valence-electron chi connectivity index (χ0n) is 23.3. The molecule has 3 rings (SSSR count). The van der Waals surface area contributed by atoms with E-state index < -0.39 is 16.6 Å². The summed E-state index contributed by atoms with van der Waals surface area (Å²) in [4.78, 5) is 0. The molecule has 0 amide bonds. The van der Waals surface area contributed by atoms with Gasteiger partial charge in [-0.25, -0.2) is 0 Å². The van der Waals surface area contributed by atoms with Crippen molar-refractivity contribution in [1.29, 1.82) is 0 Å². The Morgan fingerprint density at radius 1 is 0.500 bits per heavy atom. The minimum Gasteiger partial charge on any atom is -0.540 e. The Balaban J connectivity index is 1.79. The van der Waals surface area contributed by atoms with E-state index in [4.69, 9.17) is 8.85 Å². The number of rotatable bonds is 10. The number of hydrogen-bond acceptors (Lipinski definition) is 2. The first-order valence-corrected chi connectivity index (χ1v) is 18.6. The van der Waals surface area contributed by atoms with Gasteiger partial charge in [-0.3, -0.25) is 0 Å². The average molecular weight is 515 g/mol. The van der Waals surface area contributed by atoms with E-state index in [-0.39, 0.29) is 10.8 Å². The molecule has 2 nitrogen and oxygen atoms in total. The molecule has 0 aliphatic rings. The molecule has 3 aromatic carbocycles. The molecule has 0 aliphatic carbocycles. The first-order chi connectivity index (χ1) is 16.7. The zero-order valence-corrected chi connectivity index (χ0v) is 25.3. The van der Waals surface area contributed by atoms with Crippen LogP contribution in [0.15, 0.2) is 97.4 Å². The molecule has 0 saturated heterocycles. The predicted octanol–water partition coefficient (Wildman–Crippen LogP) is 8.96. The van der Waals surface area contributed by atoms with E-state index in [1.165, 1.54) is 22.3 Å². The SMILES string of the molecule is C=C[Si](C)(C)Oc1ccc(C(C)(C)c2ccc(C(C)(C)c3ccc(O[Si](C)(C)C=C)cc3)cc2)cc1. The maximum Gasteiger partial charge on any atom is 0.269 e.